The molecule has 1 aromatic rings. The zero-order chi connectivity index (χ0) is 11.1. The van der Waals surface area contributed by atoms with Gasteiger partial charge in [-0.3, -0.25) is 0 Å². The molecule has 16 heavy (non-hydrogen) atoms. The molecule has 0 fully saturated rings. The van der Waals surface area contributed by atoms with E-state index in [0.29, 0.717) is 16.6 Å². The Balaban J connectivity index is 2.17. The van der Waals surface area contributed by atoms with E-state index in [-0.39, 0.29) is 0 Å². The second kappa shape index (κ2) is 3.65. The van der Waals surface area contributed by atoms with Gasteiger partial charge in [-0.1, -0.05) is 29.3 Å². The Morgan fingerprint density at radius 2 is 2.06 bits per heavy atom. The van der Waals surface area contributed by atoms with Crippen LogP contribution in [0.1, 0.15) is 5.56 Å². The molecule has 0 bridgehead atoms. The first-order chi connectivity index (χ1) is 7.75. The summed E-state index contributed by atoms with van der Waals surface area (Å²) in [6.45, 7) is 0.717. The smallest absolute Gasteiger partial charge is 0.133 e. The summed E-state index contributed by atoms with van der Waals surface area (Å²) in [6.07, 6.45) is 7.91. The van der Waals surface area contributed by atoms with Crippen molar-refractivity contribution in [1.82, 2.24) is 4.90 Å². The van der Waals surface area contributed by atoms with Crippen LogP contribution in [0.3, 0.4) is 0 Å². The fraction of sp³-hybridized carbons (Fsp3) is 0.0833. The molecule has 0 N–H and O–H groups in total. The summed E-state index contributed by atoms with van der Waals surface area (Å²) in [4.78, 5) is 6.58. The zero-order valence-electron chi connectivity index (χ0n) is 8.32. The molecule has 0 spiro atoms. The number of rotatable bonds is 0. The predicted octanol–water partition coefficient (Wildman–Crippen LogP) is 3.92. The number of benzene rings is 1. The molecule has 2 aliphatic heterocycles. The molecule has 0 saturated heterocycles. The van der Waals surface area contributed by atoms with Gasteiger partial charge in [0, 0.05) is 11.8 Å². The highest BCUT2D eigenvalue weighted by Gasteiger charge is 2.20. The number of hydrogen-bond acceptors (Lipinski definition) is 2. The highest BCUT2D eigenvalue weighted by Crippen LogP contribution is 2.37. The van der Waals surface area contributed by atoms with E-state index < -0.39 is 0 Å². The van der Waals surface area contributed by atoms with E-state index in [0.717, 1.165) is 17.1 Å². The zero-order valence-corrected chi connectivity index (χ0v) is 9.83. The summed E-state index contributed by atoms with van der Waals surface area (Å²) >= 11 is 12.2. The first-order valence-electron chi connectivity index (χ1n) is 4.93. The van der Waals surface area contributed by atoms with E-state index in [1.807, 2.05) is 35.4 Å². The van der Waals surface area contributed by atoms with E-state index in [9.17, 15) is 0 Å². The molecule has 0 aromatic heterocycles. The summed E-state index contributed by atoms with van der Waals surface area (Å²) in [5, 5.41) is 1.18. The van der Waals surface area contributed by atoms with Gasteiger partial charge in [0.15, 0.2) is 0 Å². The number of hydrogen-bond donors (Lipinski definition) is 0. The average Bonchev–Trinajstić information content (AvgIpc) is 2.32. The molecule has 2 nitrogen and oxygen atoms in total. The lowest BCUT2D eigenvalue weighted by molar-refractivity contribution is 0.544. The summed E-state index contributed by atoms with van der Waals surface area (Å²) in [5.74, 6) is 0.938. The molecule has 3 rings (SSSR count). The normalized spacial score (nSPS) is 16.9. The molecule has 0 saturated carbocycles. The highest BCUT2D eigenvalue weighted by molar-refractivity contribution is 6.42. The van der Waals surface area contributed by atoms with Crippen molar-refractivity contribution < 1.29 is 0 Å². The molecule has 0 unspecified atom stereocenters. The van der Waals surface area contributed by atoms with Crippen LogP contribution in [0.2, 0.25) is 10.0 Å². The topological polar surface area (TPSA) is 15.6 Å². The first kappa shape index (κ1) is 9.94. The van der Waals surface area contributed by atoms with Crippen molar-refractivity contribution in [2.75, 3.05) is 0 Å². The number of nitrogens with zero attached hydrogens (tertiary/aromatic N) is 2. The van der Waals surface area contributed by atoms with Crippen LogP contribution in [0.15, 0.2) is 41.6 Å². The van der Waals surface area contributed by atoms with E-state index in [4.69, 9.17) is 23.2 Å². The predicted molar refractivity (Wildman–Crippen MR) is 67.4 cm³/mol. The molecule has 1 aromatic carbocycles. The Labute approximate surface area is 103 Å². The number of allylic oxidation sites excluding steroid dienone is 2. The SMILES string of the molecule is Clc1ccc2c(c1Cl)CN1C=CC=CC1=N2. The van der Waals surface area contributed by atoms with Gasteiger partial charge in [-0.2, -0.15) is 0 Å². The molecule has 2 heterocycles. The van der Waals surface area contributed by atoms with E-state index in [2.05, 4.69) is 4.99 Å². The lowest BCUT2D eigenvalue weighted by atomic mass is 10.1. The van der Waals surface area contributed by atoms with Crippen molar-refractivity contribution in [3.8, 4) is 0 Å². The Bertz CT molecular complexity index is 544. The maximum Gasteiger partial charge on any atom is 0.133 e. The van der Waals surface area contributed by atoms with Gasteiger partial charge >= 0.3 is 0 Å². The number of fused-ring (bicyclic) bond motifs is 2. The van der Waals surface area contributed by atoms with Gasteiger partial charge in [-0.25, -0.2) is 4.99 Å². The average molecular weight is 251 g/mol. The monoisotopic (exact) mass is 250 g/mol. The highest BCUT2D eigenvalue weighted by atomic mass is 35.5. The second-order valence-electron chi connectivity index (χ2n) is 3.66. The van der Waals surface area contributed by atoms with Gasteiger partial charge in [-0.15, -0.1) is 0 Å². The van der Waals surface area contributed by atoms with Crippen LogP contribution in [-0.2, 0) is 6.54 Å². The molecule has 0 radical (unpaired) electrons. The Morgan fingerprint density at radius 3 is 2.94 bits per heavy atom. The molecule has 4 heteroatoms. The summed E-state index contributed by atoms with van der Waals surface area (Å²) in [6, 6.07) is 3.69. The molecular formula is C12H8Cl2N2. The van der Waals surface area contributed by atoms with Gasteiger partial charge in [0.2, 0.25) is 0 Å². The third-order valence-electron chi connectivity index (χ3n) is 2.65. The van der Waals surface area contributed by atoms with Crippen LogP contribution < -0.4 is 0 Å². The minimum Gasteiger partial charge on any atom is -0.328 e. The van der Waals surface area contributed by atoms with Gasteiger partial charge in [0.1, 0.15) is 5.84 Å². The van der Waals surface area contributed by atoms with Crippen molar-refractivity contribution in [3.05, 3.63) is 52.2 Å². The van der Waals surface area contributed by atoms with E-state index in [1.165, 1.54) is 0 Å². The van der Waals surface area contributed by atoms with Crippen LogP contribution in [0.25, 0.3) is 0 Å². The van der Waals surface area contributed by atoms with Crippen molar-refractivity contribution in [2.24, 2.45) is 4.99 Å². The fourth-order valence-electron chi connectivity index (χ4n) is 1.83. The Morgan fingerprint density at radius 1 is 1.19 bits per heavy atom. The minimum atomic E-state index is 0.579. The standard InChI is InChI=1S/C12H8Cl2N2/c13-9-4-5-10-8(12(9)14)7-16-6-2-1-3-11(16)15-10/h1-6H,7H2. The summed E-state index contributed by atoms with van der Waals surface area (Å²) in [7, 11) is 0. The molecule has 80 valence electrons. The van der Waals surface area contributed by atoms with Gasteiger partial charge in [0.25, 0.3) is 0 Å². The fourth-order valence-corrected chi connectivity index (χ4v) is 2.23. The van der Waals surface area contributed by atoms with Crippen molar-refractivity contribution in [3.63, 3.8) is 0 Å². The molecule has 0 amide bonds. The quantitative estimate of drug-likeness (QED) is 0.682. The Hall–Kier alpha value is -1.25. The largest absolute Gasteiger partial charge is 0.328 e. The van der Waals surface area contributed by atoms with Crippen LogP contribution in [0.5, 0.6) is 0 Å². The van der Waals surface area contributed by atoms with Gasteiger partial charge in [0.05, 0.1) is 22.3 Å². The maximum atomic E-state index is 6.17. The van der Waals surface area contributed by atoms with Crippen molar-refractivity contribution in [1.29, 1.82) is 0 Å². The number of aliphatic imine (C=N–C) groups is 1. The molecular weight excluding hydrogens is 243 g/mol. The number of amidine groups is 1. The maximum absolute atomic E-state index is 6.17. The summed E-state index contributed by atoms with van der Waals surface area (Å²) < 4.78 is 0. The Kier molecular flexibility index (Phi) is 2.27. The van der Waals surface area contributed by atoms with Crippen LogP contribution in [-0.4, -0.2) is 10.7 Å². The lowest BCUT2D eigenvalue weighted by Gasteiger charge is -2.28. The van der Waals surface area contributed by atoms with Gasteiger partial charge < -0.3 is 4.90 Å². The lowest BCUT2D eigenvalue weighted by Crippen LogP contribution is -2.27. The van der Waals surface area contributed by atoms with Crippen LogP contribution in [0.4, 0.5) is 5.69 Å². The molecule has 2 aliphatic rings. The van der Waals surface area contributed by atoms with E-state index >= 15 is 0 Å². The third-order valence-corrected chi connectivity index (χ3v) is 3.49. The van der Waals surface area contributed by atoms with Crippen molar-refractivity contribution >= 4 is 34.7 Å². The minimum absolute atomic E-state index is 0.579. The van der Waals surface area contributed by atoms with E-state index in [1.54, 1.807) is 6.07 Å². The molecule has 0 atom stereocenters. The van der Waals surface area contributed by atoms with Gasteiger partial charge in [-0.05, 0) is 24.3 Å². The summed E-state index contributed by atoms with van der Waals surface area (Å²) in [5.41, 5.74) is 1.89. The van der Waals surface area contributed by atoms with Crippen LogP contribution >= 0.6 is 23.2 Å². The number of halogens is 2. The third kappa shape index (κ3) is 1.46. The molecule has 0 aliphatic carbocycles. The second-order valence-corrected chi connectivity index (χ2v) is 4.44. The van der Waals surface area contributed by atoms with Crippen LogP contribution in [0, 0.1) is 0 Å². The van der Waals surface area contributed by atoms with Crippen molar-refractivity contribution in [2.45, 2.75) is 6.54 Å². The first-order valence-corrected chi connectivity index (χ1v) is 5.68.